The highest BCUT2D eigenvalue weighted by Crippen LogP contribution is 2.24. The molecule has 106 valence electrons. The summed E-state index contributed by atoms with van der Waals surface area (Å²) in [6.07, 6.45) is 1.82. The van der Waals surface area contributed by atoms with Crippen LogP contribution in [0.25, 0.3) is 0 Å². The van der Waals surface area contributed by atoms with Gasteiger partial charge in [-0.05, 0) is 26.0 Å². The van der Waals surface area contributed by atoms with Crippen molar-refractivity contribution >= 4 is 28.6 Å². The summed E-state index contributed by atoms with van der Waals surface area (Å²) < 4.78 is 0. The molecule has 1 aromatic carbocycles. The van der Waals surface area contributed by atoms with Crippen LogP contribution in [0.3, 0.4) is 0 Å². The fourth-order valence-electron chi connectivity index (χ4n) is 1.80. The number of aromatic nitrogens is 1. The van der Waals surface area contributed by atoms with E-state index in [1.807, 2.05) is 20.0 Å². The van der Waals surface area contributed by atoms with Crippen LogP contribution in [0.1, 0.15) is 28.4 Å². The highest BCUT2D eigenvalue weighted by molar-refractivity contribution is 7.11. The van der Waals surface area contributed by atoms with Gasteiger partial charge >= 0.3 is 0 Å². The van der Waals surface area contributed by atoms with Crippen LogP contribution in [0.5, 0.6) is 0 Å². The number of nitrogens with zero attached hydrogens (tertiary/aromatic N) is 2. The lowest BCUT2D eigenvalue weighted by Gasteiger charge is -2.11. The van der Waals surface area contributed by atoms with E-state index in [0.717, 1.165) is 9.88 Å². The van der Waals surface area contributed by atoms with Crippen molar-refractivity contribution in [2.24, 2.45) is 0 Å². The molecule has 0 aliphatic heterocycles. The summed E-state index contributed by atoms with van der Waals surface area (Å²) in [4.78, 5) is 16.0. The number of aryl methyl sites for hydroxylation is 1. The first-order valence-corrected chi connectivity index (χ1v) is 7.25. The average Bonchev–Trinajstić information content (AvgIpc) is 2.82. The SMILES string of the molecule is Cc1cnc(C(C)NCc2cc(Cl)ccc2[N+](=O)[O-])s1. The molecule has 0 amide bonds. The van der Waals surface area contributed by atoms with E-state index in [1.54, 1.807) is 17.4 Å². The second-order valence-electron chi connectivity index (χ2n) is 4.44. The van der Waals surface area contributed by atoms with Gasteiger partial charge in [0.15, 0.2) is 0 Å². The third-order valence-electron chi connectivity index (χ3n) is 2.85. The van der Waals surface area contributed by atoms with Crippen LogP contribution < -0.4 is 5.32 Å². The topological polar surface area (TPSA) is 68.1 Å². The van der Waals surface area contributed by atoms with Crippen molar-refractivity contribution in [2.75, 3.05) is 0 Å². The Balaban J connectivity index is 2.10. The monoisotopic (exact) mass is 311 g/mol. The Bertz CT molecular complexity index is 630. The molecule has 0 bridgehead atoms. The quantitative estimate of drug-likeness (QED) is 0.672. The fraction of sp³-hybridized carbons (Fsp3) is 0.308. The highest BCUT2D eigenvalue weighted by Gasteiger charge is 2.15. The van der Waals surface area contributed by atoms with E-state index >= 15 is 0 Å². The zero-order valence-electron chi connectivity index (χ0n) is 11.1. The predicted molar refractivity (Wildman–Crippen MR) is 80.2 cm³/mol. The van der Waals surface area contributed by atoms with Crippen LogP contribution in [0.2, 0.25) is 5.02 Å². The van der Waals surface area contributed by atoms with Gasteiger partial charge in [-0.3, -0.25) is 10.1 Å². The van der Waals surface area contributed by atoms with Crippen LogP contribution in [-0.2, 0) is 6.54 Å². The van der Waals surface area contributed by atoms with Crippen LogP contribution in [0, 0.1) is 17.0 Å². The minimum absolute atomic E-state index is 0.0345. The Labute approximate surface area is 125 Å². The molecule has 5 nitrogen and oxygen atoms in total. The molecule has 1 heterocycles. The molecule has 1 aromatic heterocycles. The van der Waals surface area contributed by atoms with Gasteiger partial charge in [0.25, 0.3) is 5.69 Å². The van der Waals surface area contributed by atoms with E-state index in [9.17, 15) is 10.1 Å². The van der Waals surface area contributed by atoms with Crippen LogP contribution in [0.4, 0.5) is 5.69 Å². The van der Waals surface area contributed by atoms with Crippen molar-refractivity contribution in [1.82, 2.24) is 10.3 Å². The van der Waals surface area contributed by atoms with Crippen molar-refractivity contribution in [2.45, 2.75) is 26.4 Å². The maximum atomic E-state index is 11.0. The lowest BCUT2D eigenvalue weighted by Crippen LogP contribution is -2.18. The third kappa shape index (κ3) is 3.53. The normalized spacial score (nSPS) is 12.3. The lowest BCUT2D eigenvalue weighted by molar-refractivity contribution is -0.385. The number of halogens is 1. The average molecular weight is 312 g/mol. The van der Waals surface area contributed by atoms with E-state index in [-0.39, 0.29) is 11.7 Å². The molecule has 1 N–H and O–H groups in total. The highest BCUT2D eigenvalue weighted by atomic mass is 35.5. The summed E-state index contributed by atoms with van der Waals surface area (Å²) in [7, 11) is 0. The van der Waals surface area contributed by atoms with Gasteiger partial charge in [0.1, 0.15) is 5.01 Å². The Kier molecular flexibility index (Phi) is 4.69. The standard InChI is InChI=1S/C13H14ClN3O2S/c1-8-6-16-13(20-8)9(2)15-7-10-5-11(14)3-4-12(10)17(18)19/h3-6,9,15H,7H2,1-2H3. The van der Waals surface area contributed by atoms with E-state index < -0.39 is 4.92 Å². The zero-order chi connectivity index (χ0) is 14.7. The Morgan fingerprint density at radius 3 is 2.90 bits per heavy atom. The van der Waals surface area contributed by atoms with E-state index in [0.29, 0.717) is 17.1 Å². The first-order valence-electron chi connectivity index (χ1n) is 6.06. The molecule has 0 aliphatic rings. The number of benzene rings is 1. The molecule has 2 rings (SSSR count). The lowest BCUT2D eigenvalue weighted by atomic mass is 10.1. The van der Waals surface area contributed by atoms with Crippen molar-refractivity contribution in [3.63, 3.8) is 0 Å². The van der Waals surface area contributed by atoms with Gasteiger partial charge < -0.3 is 5.32 Å². The van der Waals surface area contributed by atoms with Gasteiger partial charge in [-0.25, -0.2) is 4.98 Å². The number of rotatable bonds is 5. The predicted octanol–water partition coefficient (Wildman–Crippen LogP) is 3.86. The molecule has 2 aromatic rings. The summed E-state index contributed by atoms with van der Waals surface area (Å²) >= 11 is 7.51. The second-order valence-corrected chi connectivity index (χ2v) is 6.14. The Hall–Kier alpha value is -1.50. The second kappa shape index (κ2) is 6.30. The summed E-state index contributed by atoms with van der Waals surface area (Å²) in [6, 6.07) is 4.60. The molecule has 0 radical (unpaired) electrons. The minimum atomic E-state index is -0.397. The molecule has 1 atom stereocenters. The maximum absolute atomic E-state index is 11.0. The van der Waals surface area contributed by atoms with Gasteiger partial charge in [-0.15, -0.1) is 11.3 Å². The molecular weight excluding hydrogens is 298 g/mol. The first kappa shape index (κ1) is 14.9. The van der Waals surface area contributed by atoms with Gasteiger partial charge in [0, 0.05) is 34.3 Å². The molecule has 0 spiro atoms. The summed E-state index contributed by atoms with van der Waals surface area (Å²) in [5, 5.41) is 15.7. The minimum Gasteiger partial charge on any atom is -0.304 e. The van der Waals surface area contributed by atoms with E-state index in [1.165, 1.54) is 12.1 Å². The Morgan fingerprint density at radius 1 is 1.55 bits per heavy atom. The molecular formula is C13H14ClN3O2S. The smallest absolute Gasteiger partial charge is 0.273 e. The molecule has 0 aliphatic carbocycles. The third-order valence-corrected chi connectivity index (χ3v) is 4.18. The van der Waals surface area contributed by atoms with E-state index in [2.05, 4.69) is 10.3 Å². The number of nitrogens with one attached hydrogen (secondary N) is 1. The molecule has 1 unspecified atom stereocenters. The van der Waals surface area contributed by atoms with Crippen molar-refractivity contribution in [1.29, 1.82) is 0 Å². The number of nitro groups is 1. The van der Waals surface area contributed by atoms with Crippen LogP contribution in [0.15, 0.2) is 24.4 Å². The summed E-state index contributed by atoms with van der Waals surface area (Å²) in [5.41, 5.74) is 0.645. The molecule has 0 fully saturated rings. The van der Waals surface area contributed by atoms with E-state index in [4.69, 9.17) is 11.6 Å². The van der Waals surface area contributed by atoms with Crippen molar-refractivity contribution in [3.8, 4) is 0 Å². The summed E-state index contributed by atoms with van der Waals surface area (Å²) in [6.45, 7) is 4.35. The van der Waals surface area contributed by atoms with Crippen molar-refractivity contribution in [3.05, 3.63) is 55.0 Å². The van der Waals surface area contributed by atoms with Gasteiger partial charge in [-0.2, -0.15) is 0 Å². The zero-order valence-corrected chi connectivity index (χ0v) is 12.7. The Morgan fingerprint density at radius 2 is 2.30 bits per heavy atom. The van der Waals surface area contributed by atoms with Gasteiger partial charge in [0.05, 0.1) is 11.0 Å². The number of hydrogen-bond acceptors (Lipinski definition) is 5. The van der Waals surface area contributed by atoms with Gasteiger partial charge in [0.2, 0.25) is 0 Å². The molecule has 0 saturated carbocycles. The molecule has 0 saturated heterocycles. The molecule has 20 heavy (non-hydrogen) atoms. The van der Waals surface area contributed by atoms with Crippen LogP contribution >= 0.6 is 22.9 Å². The maximum Gasteiger partial charge on any atom is 0.273 e. The van der Waals surface area contributed by atoms with Crippen LogP contribution in [-0.4, -0.2) is 9.91 Å². The molecule has 7 heteroatoms. The van der Waals surface area contributed by atoms with Gasteiger partial charge in [-0.1, -0.05) is 11.6 Å². The number of nitro benzene ring substituents is 1. The largest absolute Gasteiger partial charge is 0.304 e. The number of hydrogen-bond donors (Lipinski definition) is 1. The fourth-order valence-corrected chi connectivity index (χ4v) is 2.79. The summed E-state index contributed by atoms with van der Waals surface area (Å²) in [5.74, 6) is 0. The van der Waals surface area contributed by atoms with Crippen molar-refractivity contribution < 1.29 is 4.92 Å². The number of thiazole rings is 1. The first-order chi connectivity index (χ1) is 9.47.